The molecule has 1 heterocycles. The Kier molecular flexibility index (Phi) is 3.53. The fourth-order valence-electron chi connectivity index (χ4n) is 1.01. The summed E-state index contributed by atoms with van der Waals surface area (Å²) in [5.41, 5.74) is 0. The van der Waals surface area contributed by atoms with E-state index in [0.29, 0.717) is 19.6 Å². The molecule has 0 aliphatic carbocycles. The van der Waals surface area contributed by atoms with Crippen LogP contribution in [-0.4, -0.2) is 34.4 Å². The van der Waals surface area contributed by atoms with Crippen molar-refractivity contribution in [2.24, 2.45) is 0 Å². The molecule has 2 N–H and O–H groups in total. The van der Waals surface area contributed by atoms with Crippen molar-refractivity contribution in [1.82, 2.24) is 5.32 Å². The first-order valence-electron chi connectivity index (χ1n) is 3.42. The van der Waals surface area contributed by atoms with Gasteiger partial charge in [-0.15, -0.1) is 0 Å². The van der Waals surface area contributed by atoms with Gasteiger partial charge in [-0.3, -0.25) is 4.79 Å². The second kappa shape index (κ2) is 4.22. The highest BCUT2D eigenvalue weighted by molar-refractivity contribution is 14.1. The van der Waals surface area contributed by atoms with Gasteiger partial charge in [-0.25, -0.2) is 0 Å². The van der Waals surface area contributed by atoms with Crippen LogP contribution in [0, 0.1) is 0 Å². The van der Waals surface area contributed by atoms with Crippen LogP contribution in [0.25, 0.3) is 0 Å². The minimum absolute atomic E-state index is 0.155. The number of hydrogen-bond acceptors (Lipinski definition) is 3. The lowest BCUT2D eigenvalue weighted by Gasteiger charge is -2.27. The molecule has 1 fully saturated rings. The third-order valence-electron chi connectivity index (χ3n) is 1.62. The van der Waals surface area contributed by atoms with Crippen molar-refractivity contribution in [3.63, 3.8) is 0 Å². The summed E-state index contributed by atoms with van der Waals surface area (Å²) in [7, 11) is 0. The number of aliphatic hydroxyl groups excluding tert-OH is 1. The molecule has 0 unspecified atom stereocenters. The van der Waals surface area contributed by atoms with Crippen LogP contribution in [0.15, 0.2) is 0 Å². The molecule has 0 spiro atoms. The summed E-state index contributed by atoms with van der Waals surface area (Å²) in [6.45, 7) is 0.991. The summed E-state index contributed by atoms with van der Waals surface area (Å²) in [5, 5.41) is 11.9. The highest BCUT2D eigenvalue weighted by Gasteiger charge is 2.24. The van der Waals surface area contributed by atoms with Gasteiger partial charge in [0.1, 0.15) is 0 Å². The molecule has 2 atom stereocenters. The largest absolute Gasteiger partial charge is 0.391 e. The zero-order valence-corrected chi connectivity index (χ0v) is 8.08. The van der Waals surface area contributed by atoms with Gasteiger partial charge in [-0.05, 0) is 6.42 Å². The topological polar surface area (TPSA) is 58.6 Å². The molecule has 1 rings (SSSR count). The molecule has 1 aliphatic rings. The molecule has 0 saturated carbocycles. The lowest BCUT2D eigenvalue weighted by atomic mass is 10.1. The number of aliphatic hydroxyl groups is 1. The predicted molar refractivity (Wildman–Crippen MR) is 47.8 cm³/mol. The molecule has 1 aliphatic heterocycles. The minimum atomic E-state index is -0.456. The zero-order chi connectivity index (χ0) is 8.27. The van der Waals surface area contributed by atoms with Gasteiger partial charge in [0, 0.05) is 29.2 Å². The molecule has 1 amide bonds. The SMILES string of the molecule is O=C(I)N[C@H]1COCC[C@@H]1O. The summed E-state index contributed by atoms with van der Waals surface area (Å²) in [4.78, 5) is 10.6. The van der Waals surface area contributed by atoms with Crippen LogP contribution < -0.4 is 5.32 Å². The molecule has 0 aromatic heterocycles. The van der Waals surface area contributed by atoms with Gasteiger partial charge in [0.15, 0.2) is 0 Å². The molecule has 5 heteroatoms. The number of carbonyl (C=O) groups excluding carboxylic acids is 1. The number of ether oxygens (including phenoxy) is 1. The zero-order valence-electron chi connectivity index (χ0n) is 5.92. The van der Waals surface area contributed by atoms with Gasteiger partial charge >= 0.3 is 0 Å². The predicted octanol–water partition coefficient (Wildman–Crippen LogP) is 0.281. The molecular formula is C6H10INO3. The maximum Gasteiger partial charge on any atom is 0.281 e. The van der Waals surface area contributed by atoms with Gasteiger partial charge < -0.3 is 15.2 Å². The van der Waals surface area contributed by atoms with Crippen molar-refractivity contribution in [3.05, 3.63) is 0 Å². The van der Waals surface area contributed by atoms with Crippen LogP contribution in [0.5, 0.6) is 0 Å². The van der Waals surface area contributed by atoms with Crippen molar-refractivity contribution in [2.45, 2.75) is 18.6 Å². The van der Waals surface area contributed by atoms with Crippen molar-refractivity contribution in [2.75, 3.05) is 13.2 Å². The van der Waals surface area contributed by atoms with E-state index in [-0.39, 0.29) is 9.96 Å². The number of rotatable bonds is 1. The van der Waals surface area contributed by atoms with Gasteiger partial charge in [-0.1, -0.05) is 0 Å². The Bertz CT molecular complexity index is 153. The summed E-state index contributed by atoms with van der Waals surface area (Å²) < 4.78 is 4.92. The maximum atomic E-state index is 10.6. The Morgan fingerprint density at radius 3 is 3.00 bits per heavy atom. The average Bonchev–Trinajstić information content (AvgIpc) is 1.93. The number of amides is 1. The Morgan fingerprint density at radius 1 is 1.73 bits per heavy atom. The number of hydrogen-bond donors (Lipinski definition) is 2. The van der Waals surface area contributed by atoms with Gasteiger partial charge in [-0.2, -0.15) is 0 Å². The monoisotopic (exact) mass is 271 g/mol. The van der Waals surface area contributed by atoms with Gasteiger partial charge in [0.05, 0.1) is 18.8 Å². The standard InChI is InChI=1S/C6H10INO3/c7-6(10)8-4-3-11-2-1-5(4)9/h4-5,9H,1-3H2,(H,8,10)/t4-,5-/m0/s1. The van der Waals surface area contributed by atoms with E-state index in [0.717, 1.165) is 0 Å². The van der Waals surface area contributed by atoms with E-state index in [9.17, 15) is 9.90 Å². The fraction of sp³-hybridized carbons (Fsp3) is 0.833. The number of carbonyl (C=O) groups is 1. The molecule has 0 aromatic rings. The summed E-state index contributed by atoms with van der Waals surface area (Å²) >= 11 is 1.64. The maximum absolute atomic E-state index is 10.6. The highest BCUT2D eigenvalue weighted by Crippen LogP contribution is 2.07. The fourth-order valence-corrected chi connectivity index (χ4v) is 1.41. The van der Waals surface area contributed by atoms with Crippen LogP contribution in [0.1, 0.15) is 6.42 Å². The molecular weight excluding hydrogens is 261 g/mol. The number of nitrogens with one attached hydrogen (secondary N) is 1. The molecule has 11 heavy (non-hydrogen) atoms. The van der Waals surface area contributed by atoms with Crippen molar-refractivity contribution >= 4 is 26.5 Å². The second-order valence-electron chi connectivity index (χ2n) is 2.46. The Hall–Kier alpha value is 0.120. The summed E-state index contributed by atoms with van der Waals surface area (Å²) in [6, 6.07) is -0.229. The molecule has 0 bridgehead atoms. The molecule has 64 valence electrons. The smallest absolute Gasteiger partial charge is 0.281 e. The van der Waals surface area contributed by atoms with Crippen LogP contribution in [0.3, 0.4) is 0 Å². The van der Waals surface area contributed by atoms with Crippen molar-refractivity contribution in [3.8, 4) is 0 Å². The molecule has 4 nitrogen and oxygen atoms in total. The highest BCUT2D eigenvalue weighted by atomic mass is 127. The van der Waals surface area contributed by atoms with Crippen molar-refractivity contribution < 1.29 is 14.6 Å². The first kappa shape index (κ1) is 9.21. The van der Waals surface area contributed by atoms with Crippen LogP contribution in [0.4, 0.5) is 4.79 Å². The van der Waals surface area contributed by atoms with Gasteiger partial charge in [0.25, 0.3) is 3.91 Å². The summed E-state index contributed by atoms with van der Waals surface area (Å²) in [5.74, 6) is 0. The Balaban J connectivity index is 2.35. The summed E-state index contributed by atoms with van der Waals surface area (Å²) in [6.07, 6.45) is 0.143. The lowest BCUT2D eigenvalue weighted by molar-refractivity contribution is -0.0107. The van der Waals surface area contributed by atoms with E-state index in [1.807, 2.05) is 0 Å². The van der Waals surface area contributed by atoms with Crippen LogP contribution in [0.2, 0.25) is 0 Å². The Morgan fingerprint density at radius 2 is 2.45 bits per heavy atom. The van der Waals surface area contributed by atoms with E-state index < -0.39 is 6.10 Å². The molecule has 1 saturated heterocycles. The quantitative estimate of drug-likeness (QED) is 0.409. The van der Waals surface area contributed by atoms with E-state index in [1.165, 1.54) is 0 Å². The first-order chi connectivity index (χ1) is 5.20. The van der Waals surface area contributed by atoms with Crippen LogP contribution in [-0.2, 0) is 4.74 Å². The molecule has 0 aromatic carbocycles. The average molecular weight is 271 g/mol. The lowest BCUT2D eigenvalue weighted by Crippen LogP contribution is -2.47. The Labute approximate surface area is 78.4 Å². The third-order valence-corrected chi connectivity index (χ3v) is 1.93. The van der Waals surface area contributed by atoms with Gasteiger partial charge in [0.2, 0.25) is 0 Å². The minimum Gasteiger partial charge on any atom is -0.391 e. The first-order valence-corrected chi connectivity index (χ1v) is 4.50. The van der Waals surface area contributed by atoms with Crippen LogP contribution >= 0.6 is 22.6 Å². The second-order valence-corrected chi connectivity index (χ2v) is 3.44. The molecule has 0 radical (unpaired) electrons. The van der Waals surface area contributed by atoms with E-state index >= 15 is 0 Å². The normalized spacial score (nSPS) is 31.5. The van der Waals surface area contributed by atoms with E-state index in [1.54, 1.807) is 22.6 Å². The van der Waals surface area contributed by atoms with E-state index in [2.05, 4.69) is 5.32 Å². The third kappa shape index (κ3) is 2.92. The van der Waals surface area contributed by atoms with Crippen molar-refractivity contribution in [1.29, 1.82) is 0 Å². The van der Waals surface area contributed by atoms with E-state index in [4.69, 9.17) is 4.74 Å². The number of halogens is 1.